The minimum atomic E-state index is -0.296. The fourth-order valence-electron chi connectivity index (χ4n) is 6.55. The number of fused-ring (bicyclic) bond motifs is 1. The van der Waals surface area contributed by atoms with Gasteiger partial charge in [0.25, 0.3) is 0 Å². The fraction of sp³-hybridized carbons (Fsp3) is 0.481. The maximum absolute atomic E-state index is 11.1. The highest BCUT2D eigenvalue weighted by molar-refractivity contribution is 5.81. The summed E-state index contributed by atoms with van der Waals surface area (Å²) in [5.41, 5.74) is 3.92. The third kappa shape index (κ3) is 4.21. The number of aliphatic imine (C=N–C) groups is 1. The highest BCUT2D eigenvalue weighted by Crippen LogP contribution is 2.57. The standard InChI is InChI=1S/C27H31NO2/c1-19(29)30-26-10-8-25(9-11-26)24-6-4-20(5-7-24)17-28-18-27-14-21-2-3-22(15-27)13-23(12-21)16-27/h4-11,17,21-23H,2-3,12-16,18H2,1H3/t21-,22+,23?,27?. The van der Waals surface area contributed by atoms with Gasteiger partial charge in [-0.3, -0.25) is 9.79 Å². The molecule has 2 aromatic carbocycles. The number of nitrogens with zero attached hydrogens (tertiary/aromatic N) is 1. The Hall–Kier alpha value is -2.42. The third-order valence-corrected chi connectivity index (χ3v) is 7.51. The van der Waals surface area contributed by atoms with Gasteiger partial charge in [-0.1, -0.05) is 49.2 Å². The highest BCUT2D eigenvalue weighted by Gasteiger charge is 2.48. The highest BCUT2D eigenvalue weighted by atomic mass is 16.5. The smallest absolute Gasteiger partial charge is 0.308 e. The molecule has 4 bridgehead atoms. The zero-order valence-electron chi connectivity index (χ0n) is 17.8. The van der Waals surface area contributed by atoms with Crippen LogP contribution in [0.5, 0.6) is 5.75 Å². The van der Waals surface area contributed by atoms with Gasteiger partial charge < -0.3 is 4.74 Å². The Morgan fingerprint density at radius 1 is 0.933 bits per heavy atom. The lowest BCUT2D eigenvalue weighted by Gasteiger charge is -2.47. The van der Waals surface area contributed by atoms with Crippen LogP contribution in [0.15, 0.2) is 53.5 Å². The average Bonchev–Trinajstić information content (AvgIpc) is 2.94. The van der Waals surface area contributed by atoms with Gasteiger partial charge in [0.15, 0.2) is 0 Å². The fourth-order valence-corrected chi connectivity index (χ4v) is 6.55. The van der Waals surface area contributed by atoms with Gasteiger partial charge in [0, 0.05) is 19.7 Å². The number of hydrogen-bond acceptors (Lipinski definition) is 3. The number of benzene rings is 2. The van der Waals surface area contributed by atoms with E-state index >= 15 is 0 Å². The van der Waals surface area contributed by atoms with Crippen LogP contribution >= 0.6 is 0 Å². The lowest BCUT2D eigenvalue weighted by atomic mass is 9.58. The van der Waals surface area contributed by atoms with Crippen molar-refractivity contribution in [2.24, 2.45) is 28.2 Å². The number of hydrogen-bond donors (Lipinski definition) is 0. The van der Waals surface area contributed by atoms with E-state index in [2.05, 4.69) is 30.5 Å². The quantitative estimate of drug-likeness (QED) is 0.335. The monoisotopic (exact) mass is 401 g/mol. The van der Waals surface area contributed by atoms with E-state index in [-0.39, 0.29) is 5.97 Å². The van der Waals surface area contributed by atoms with Crippen LogP contribution in [0.3, 0.4) is 0 Å². The zero-order valence-corrected chi connectivity index (χ0v) is 17.8. The molecule has 4 aliphatic carbocycles. The van der Waals surface area contributed by atoms with Crippen LogP contribution in [0.25, 0.3) is 11.1 Å². The molecule has 3 heteroatoms. The van der Waals surface area contributed by atoms with Crippen molar-refractivity contribution < 1.29 is 9.53 Å². The maximum atomic E-state index is 11.1. The SMILES string of the molecule is CC(=O)Oc1ccc(-c2ccc(C=NCC34CC5C[C@@H](CC[C@@H](C5)C3)C4)cc2)cc1. The molecule has 4 aliphatic rings. The summed E-state index contributed by atoms with van der Waals surface area (Å²) in [6, 6.07) is 16.2. The van der Waals surface area contributed by atoms with E-state index in [9.17, 15) is 4.79 Å². The minimum Gasteiger partial charge on any atom is -0.427 e. The molecule has 30 heavy (non-hydrogen) atoms. The molecule has 2 aromatic rings. The van der Waals surface area contributed by atoms with Gasteiger partial charge in [-0.25, -0.2) is 0 Å². The molecule has 0 aromatic heterocycles. The normalized spacial score (nSPS) is 29.8. The Morgan fingerprint density at radius 3 is 2.10 bits per heavy atom. The predicted octanol–water partition coefficient (Wildman–Crippen LogP) is 6.30. The summed E-state index contributed by atoms with van der Waals surface area (Å²) in [6.07, 6.45) is 12.2. The molecule has 0 radical (unpaired) electrons. The van der Waals surface area contributed by atoms with Crippen molar-refractivity contribution in [1.82, 2.24) is 0 Å². The number of rotatable bonds is 5. The second kappa shape index (κ2) is 8.02. The molecule has 3 nitrogen and oxygen atoms in total. The lowest BCUT2D eigenvalue weighted by Crippen LogP contribution is -2.39. The maximum Gasteiger partial charge on any atom is 0.308 e. The van der Waals surface area contributed by atoms with Gasteiger partial charge in [-0.15, -0.1) is 0 Å². The van der Waals surface area contributed by atoms with Crippen LogP contribution in [-0.4, -0.2) is 18.7 Å². The van der Waals surface area contributed by atoms with Crippen molar-refractivity contribution in [2.45, 2.75) is 51.9 Å². The number of esters is 1. The van der Waals surface area contributed by atoms with E-state index in [1.165, 1.54) is 51.9 Å². The summed E-state index contributed by atoms with van der Waals surface area (Å²) in [5.74, 6) is 3.20. The Morgan fingerprint density at radius 2 is 1.50 bits per heavy atom. The molecule has 0 spiro atoms. The van der Waals surface area contributed by atoms with Gasteiger partial charge in [-0.2, -0.15) is 0 Å². The van der Waals surface area contributed by atoms with E-state index in [0.717, 1.165) is 41.0 Å². The van der Waals surface area contributed by atoms with Gasteiger partial charge in [-0.05, 0) is 84.1 Å². The minimum absolute atomic E-state index is 0.296. The third-order valence-electron chi connectivity index (χ3n) is 7.51. The van der Waals surface area contributed by atoms with E-state index in [4.69, 9.17) is 9.73 Å². The van der Waals surface area contributed by atoms with Crippen molar-refractivity contribution in [3.8, 4) is 16.9 Å². The molecule has 4 fully saturated rings. The van der Waals surface area contributed by atoms with Crippen LogP contribution in [0, 0.1) is 23.2 Å². The molecule has 0 aliphatic heterocycles. The first-order valence-corrected chi connectivity index (χ1v) is 11.5. The predicted molar refractivity (Wildman–Crippen MR) is 121 cm³/mol. The van der Waals surface area contributed by atoms with Gasteiger partial charge >= 0.3 is 5.97 Å². The molecule has 0 amide bonds. The van der Waals surface area contributed by atoms with Gasteiger partial charge in [0.05, 0.1) is 0 Å². The van der Waals surface area contributed by atoms with Crippen molar-refractivity contribution >= 4 is 12.2 Å². The topological polar surface area (TPSA) is 38.7 Å². The Labute approximate surface area is 179 Å². The molecule has 4 saturated carbocycles. The van der Waals surface area contributed by atoms with Crippen molar-refractivity contribution in [2.75, 3.05) is 6.54 Å². The lowest BCUT2D eigenvalue weighted by molar-refractivity contribution is -0.131. The van der Waals surface area contributed by atoms with E-state index in [1.807, 2.05) is 24.3 Å². The van der Waals surface area contributed by atoms with E-state index in [1.54, 1.807) is 0 Å². The summed E-state index contributed by atoms with van der Waals surface area (Å²) < 4.78 is 5.11. The molecule has 6 rings (SSSR count). The number of carbonyl (C=O) groups excluding carboxylic acids is 1. The second-order valence-electron chi connectivity index (χ2n) is 9.97. The van der Waals surface area contributed by atoms with Gasteiger partial charge in [0.2, 0.25) is 0 Å². The number of carbonyl (C=O) groups is 1. The summed E-state index contributed by atoms with van der Waals surface area (Å²) in [5, 5.41) is 0. The molecule has 4 atom stereocenters. The molecule has 0 heterocycles. The van der Waals surface area contributed by atoms with E-state index in [0.29, 0.717) is 11.2 Å². The van der Waals surface area contributed by atoms with Gasteiger partial charge in [0.1, 0.15) is 5.75 Å². The average molecular weight is 402 g/mol. The largest absolute Gasteiger partial charge is 0.427 e. The molecule has 0 saturated heterocycles. The zero-order chi connectivity index (χ0) is 20.6. The van der Waals surface area contributed by atoms with E-state index < -0.39 is 0 Å². The first-order chi connectivity index (χ1) is 14.6. The Bertz CT molecular complexity index is 912. The Kier molecular flexibility index (Phi) is 5.22. The summed E-state index contributed by atoms with van der Waals surface area (Å²) in [7, 11) is 0. The van der Waals surface area contributed by atoms with Crippen LogP contribution in [0.2, 0.25) is 0 Å². The first-order valence-electron chi connectivity index (χ1n) is 11.5. The molecular weight excluding hydrogens is 370 g/mol. The molecule has 156 valence electrons. The van der Waals surface area contributed by atoms with Crippen molar-refractivity contribution in [3.63, 3.8) is 0 Å². The molecular formula is C27H31NO2. The van der Waals surface area contributed by atoms with Crippen LogP contribution < -0.4 is 4.74 Å². The molecule has 0 N–H and O–H groups in total. The summed E-state index contributed by atoms with van der Waals surface area (Å²) in [4.78, 5) is 16.0. The number of ether oxygens (including phenoxy) is 1. The van der Waals surface area contributed by atoms with Crippen LogP contribution in [0.4, 0.5) is 0 Å². The van der Waals surface area contributed by atoms with Crippen LogP contribution in [-0.2, 0) is 4.79 Å². The Balaban J connectivity index is 1.23. The molecule has 2 unspecified atom stereocenters. The first kappa shape index (κ1) is 19.5. The second-order valence-corrected chi connectivity index (χ2v) is 9.97. The summed E-state index contributed by atoms with van der Waals surface area (Å²) in [6.45, 7) is 2.43. The van der Waals surface area contributed by atoms with Crippen molar-refractivity contribution in [1.29, 1.82) is 0 Å². The van der Waals surface area contributed by atoms with Crippen molar-refractivity contribution in [3.05, 3.63) is 54.1 Å². The summed E-state index contributed by atoms with van der Waals surface area (Å²) >= 11 is 0. The van der Waals surface area contributed by atoms with Crippen LogP contribution in [0.1, 0.15) is 57.4 Å².